The maximum Gasteiger partial charge on any atom is 0.166 e. The fraction of sp³-hybridized carbons (Fsp3) is 0.300. The maximum atomic E-state index is 11.4. The molecule has 0 heterocycles. The lowest BCUT2D eigenvalue weighted by Crippen LogP contribution is -1.99. The molecule has 0 aliphatic heterocycles. The van der Waals surface area contributed by atoms with E-state index in [0.717, 1.165) is 0 Å². The zero-order valence-corrected chi connectivity index (χ0v) is 7.92. The molecule has 70 valence electrons. The van der Waals surface area contributed by atoms with Crippen LogP contribution >= 0.6 is 11.6 Å². The summed E-state index contributed by atoms with van der Waals surface area (Å²) in [6.07, 6.45) is 1.04. The van der Waals surface area contributed by atoms with Crippen LogP contribution in [0, 0.1) is 0 Å². The van der Waals surface area contributed by atoms with E-state index in [1.807, 2.05) is 0 Å². The van der Waals surface area contributed by atoms with Crippen LogP contribution in [-0.2, 0) is 0 Å². The molecule has 13 heavy (non-hydrogen) atoms. The van der Waals surface area contributed by atoms with Crippen LogP contribution in [0.5, 0.6) is 5.75 Å². The number of benzene rings is 1. The van der Waals surface area contributed by atoms with Crippen LogP contribution in [0.15, 0.2) is 24.3 Å². The summed E-state index contributed by atoms with van der Waals surface area (Å²) in [7, 11) is 0. The number of rotatable bonds is 4. The van der Waals surface area contributed by atoms with Gasteiger partial charge in [0, 0.05) is 12.3 Å². The fourth-order valence-electron chi connectivity index (χ4n) is 1.07. The molecule has 0 radical (unpaired) electrons. The third-order valence-corrected chi connectivity index (χ3v) is 2.01. The van der Waals surface area contributed by atoms with E-state index in [1.54, 1.807) is 18.2 Å². The Morgan fingerprint density at radius 3 is 2.69 bits per heavy atom. The van der Waals surface area contributed by atoms with Crippen LogP contribution in [0.4, 0.5) is 0 Å². The van der Waals surface area contributed by atoms with E-state index in [1.165, 1.54) is 6.07 Å². The van der Waals surface area contributed by atoms with Crippen molar-refractivity contribution in [1.82, 2.24) is 0 Å². The molecule has 1 aromatic carbocycles. The Morgan fingerprint density at radius 1 is 1.38 bits per heavy atom. The normalized spacial score (nSPS) is 9.92. The first-order valence-electron chi connectivity index (χ1n) is 4.13. The monoisotopic (exact) mass is 198 g/mol. The maximum absolute atomic E-state index is 11.4. The Labute approximate surface area is 82.2 Å². The third kappa shape index (κ3) is 2.74. The van der Waals surface area contributed by atoms with Crippen LogP contribution in [0.25, 0.3) is 0 Å². The number of ketones is 1. The van der Waals surface area contributed by atoms with Gasteiger partial charge in [-0.05, 0) is 18.6 Å². The molecule has 0 aliphatic rings. The van der Waals surface area contributed by atoms with Crippen molar-refractivity contribution in [2.75, 3.05) is 5.88 Å². The summed E-state index contributed by atoms with van der Waals surface area (Å²) in [5.41, 5.74) is 0.382. The molecule has 0 atom stereocenters. The van der Waals surface area contributed by atoms with Crippen LogP contribution < -0.4 is 0 Å². The molecule has 0 aromatic heterocycles. The molecule has 2 nitrogen and oxygen atoms in total. The fourth-order valence-corrected chi connectivity index (χ4v) is 1.21. The van der Waals surface area contributed by atoms with Gasteiger partial charge in [-0.25, -0.2) is 0 Å². The lowest BCUT2D eigenvalue weighted by atomic mass is 10.1. The predicted molar refractivity (Wildman–Crippen MR) is 52.4 cm³/mol. The molecule has 1 rings (SSSR count). The summed E-state index contributed by atoms with van der Waals surface area (Å²) in [4.78, 5) is 11.4. The molecule has 1 aromatic rings. The lowest BCUT2D eigenvalue weighted by Gasteiger charge is -2.01. The Balaban J connectivity index is 2.71. The molecular weight excluding hydrogens is 188 g/mol. The van der Waals surface area contributed by atoms with Gasteiger partial charge in [0.2, 0.25) is 0 Å². The van der Waals surface area contributed by atoms with Crippen molar-refractivity contribution in [2.24, 2.45) is 0 Å². The largest absolute Gasteiger partial charge is 0.507 e. The van der Waals surface area contributed by atoms with Crippen molar-refractivity contribution >= 4 is 17.4 Å². The summed E-state index contributed by atoms with van der Waals surface area (Å²) < 4.78 is 0. The van der Waals surface area contributed by atoms with Crippen LogP contribution in [0.3, 0.4) is 0 Å². The van der Waals surface area contributed by atoms with E-state index < -0.39 is 0 Å². The van der Waals surface area contributed by atoms with Gasteiger partial charge < -0.3 is 5.11 Å². The minimum atomic E-state index is -0.0567. The van der Waals surface area contributed by atoms with Crippen LogP contribution in [0.2, 0.25) is 0 Å². The van der Waals surface area contributed by atoms with Gasteiger partial charge in [0.05, 0.1) is 5.56 Å². The van der Waals surface area contributed by atoms with Crippen molar-refractivity contribution in [3.05, 3.63) is 29.8 Å². The van der Waals surface area contributed by atoms with Crippen LogP contribution in [-0.4, -0.2) is 16.8 Å². The first-order valence-corrected chi connectivity index (χ1v) is 4.66. The highest BCUT2D eigenvalue weighted by atomic mass is 35.5. The van der Waals surface area contributed by atoms with Gasteiger partial charge >= 0.3 is 0 Å². The van der Waals surface area contributed by atoms with Gasteiger partial charge in [-0.1, -0.05) is 12.1 Å². The summed E-state index contributed by atoms with van der Waals surface area (Å²) in [5, 5.41) is 9.33. The number of phenols is 1. The highest BCUT2D eigenvalue weighted by molar-refractivity contribution is 6.18. The topological polar surface area (TPSA) is 37.3 Å². The second-order valence-electron chi connectivity index (χ2n) is 2.73. The molecule has 0 fully saturated rings. The van der Waals surface area contributed by atoms with Gasteiger partial charge in [0.25, 0.3) is 0 Å². The molecular formula is C10H11ClO2. The van der Waals surface area contributed by atoms with E-state index in [4.69, 9.17) is 11.6 Å². The van der Waals surface area contributed by atoms with E-state index in [0.29, 0.717) is 24.3 Å². The number of hydrogen-bond acceptors (Lipinski definition) is 2. The average molecular weight is 199 g/mol. The minimum absolute atomic E-state index is 0.0436. The van der Waals surface area contributed by atoms with Crippen molar-refractivity contribution in [2.45, 2.75) is 12.8 Å². The van der Waals surface area contributed by atoms with Crippen molar-refractivity contribution < 1.29 is 9.90 Å². The number of alkyl halides is 1. The molecule has 3 heteroatoms. The Bertz CT molecular complexity index is 297. The Kier molecular flexibility index (Phi) is 3.77. The highest BCUT2D eigenvalue weighted by Gasteiger charge is 2.08. The second-order valence-corrected chi connectivity index (χ2v) is 3.11. The standard InChI is InChI=1S/C10H11ClO2/c11-7-3-6-10(13)8-4-1-2-5-9(8)12/h1-2,4-5,12H,3,6-7H2. The summed E-state index contributed by atoms with van der Waals surface area (Å²) in [6.45, 7) is 0. The molecule has 0 unspecified atom stereocenters. The van der Waals surface area contributed by atoms with E-state index in [-0.39, 0.29) is 11.5 Å². The summed E-state index contributed by atoms with van der Waals surface area (Å²) >= 11 is 5.46. The van der Waals surface area contributed by atoms with Crippen molar-refractivity contribution in [3.63, 3.8) is 0 Å². The molecule has 0 aliphatic carbocycles. The number of hydrogen-bond donors (Lipinski definition) is 1. The van der Waals surface area contributed by atoms with Gasteiger partial charge in [-0.3, -0.25) is 4.79 Å². The number of halogens is 1. The Hall–Kier alpha value is -1.02. The summed E-state index contributed by atoms with van der Waals surface area (Å²) in [6, 6.07) is 6.54. The molecule has 0 bridgehead atoms. The molecule has 1 N–H and O–H groups in total. The van der Waals surface area contributed by atoms with E-state index in [2.05, 4.69) is 0 Å². The lowest BCUT2D eigenvalue weighted by molar-refractivity contribution is 0.0979. The minimum Gasteiger partial charge on any atom is -0.507 e. The van der Waals surface area contributed by atoms with Crippen molar-refractivity contribution in [3.8, 4) is 5.75 Å². The number of carbonyl (C=O) groups excluding carboxylic acids is 1. The highest BCUT2D eigenvalue weighted by Crippen LogP contribution is 2.17. The molecule has 0 saturated heterocycles. The molecule has 0 spiro atoms. The Morgan fingerprint density at radius 2 is 2.08 bits per heavy atom. The zero-order chi connectivity index (χ0) is 9.68. The van der Waals surface area contributed by atoms with Gasteiger partial charge in [-0.2, -0.15) is 0 Å². The van der Waals surface area contributed by atoms with Crippen molar-refractivity contribution in [1.29, 1.82) is 0 Å². The molecule has 0 saturated carbocycles. The number of para-hydroxylation sites is 1. The van der Waals surface area contributed by atoms with E-state index >= 15 is 0 Å². The first-order chi connectivity index (χ1) is 6.25. The third-order valence-electron chi connectivity index (χ3n) is 1.74. The number of carbonyl (C=O) groups is 1. The smallest absolute Gasteiger partial charge is 0.166 e. The zero-order valence-electron chi connectivity index (χ0n) is 7.16. The quantitative estimate of drug-likeness (QED) is 0.597. The van der Waals surface area contributed by atoms with Gasteiger partial charge in [0.1, 0.15) is 5.75 Å². The van der Waals surface area contributed by atoms with Crippen LogP contribution in [0.1, 0.15) is 23.2 Å². The first kappa shape index (κ1) is 10.1. The van der Waals surface area contributed by atoms with E-state index in [9.17, 15) is 9.90 Å². The van der Waals surface area contributed by atoms with Gasteiger partial charge in [0.15, 0.2) is 5.78 Å². The second kappa shape index (κ2) is 4.87. The summed E-state index contributed by atoms with van der Waals surface area (Å²) in [5.74, 6) is 0.458. The van der Waals surface area contributed by atoms with Gasteiger partial charge in [-0.15, -0.1) is 11.6 Å². The molecule has 0 amide bonds. The number of aromatic hydroxyl groups is 1. The predicted octanol–water partition coefficient (Wildman–Crippen LogP) is 2.59. The average Bonchev–Trinajstić information content (AvgIpc) is 2.15. The number of Topliss-reactive ketones (excluding diaryl/α,β-unsaturated/α-hetero) is 1. The SMILES string of the molecule is O=C(CCCCl)c1ccccc1O. The number of phenolic OH excluding ortho intramolecular Hbond substituents is 1.